The van der Waals surface area contributed by atoms with Crippen molar-refractivity contribution >= 4 is 11.6 Å². The second kappa shape index (κ2) is 6.90. The van der Waals surface area contributed by atoms with E-state index in [9.17, 15) is 9.59 Å². The Kier molecular flexibility index (Phi) is 4.69. The summed E-state index contributed by atoms with van der Waals surface area (Å²) in [5.74, 6) is 0.725. The largest absolute Gasteiger partial charge is 0.463 e. The van der Waals surface area contributed by atoms with E-state index in [1.54, 1.807) is 12.1 Å². The van der Waals surface area contributed by atoms with E-state index in [4.69, 9.17) is 10.2 Å². The van der Waals surface area contributed by atoms with E-state index in [0.717, 1.165) is 23.9 Å². The van der Waals surface area contributed by atoms with Crippen LogP contribution in [0.3, 0.4) is 0 Å². The Hall–Kier alpha value is -2.57. The minimum atomic E-state index is -0.475. The van der Waals surface area contributed by atoms with Gasteiger partial charge in [-0.25, -0.2) is 4.68 Å². The quantitative estimate of drug-likeness (QED) is 0.889. The number of amides is 1. The number of nitrogens with one attached hydrogen (secondary N) is 1. The van der Waals surface area contributed by atoms with Gasteiger partial charge in [0.05, 0.1) is 6.26 Å². The number of nitrogens with two attached hydrogens (primary N) is 1. The van der Waals surface area contributed by atoms with Gasteiger partial charge >= 0.3 is 0 Å². The number of rotatable bonds is 4. The normalized spacial score (nSPS) is 20.7. The van der Waals surface area contributed by atoms with Crippen molar-refractivity contribution in [3.63, 3.8) is 0 Å². The van der Waals surface area contributed by atoms with Crippen molar-refractivity contribution in [2.75, 3.05) is 5.73 Å². The lowest BCUT2D eigenvalue weighted by molar-refractivity contribution is -0.123. The number of furan rings is 1. The second-order valence-electron chi connectivity index (χ2n) is 6.36. The van der Waals surface area contributed by atoms with Gasteiger partial charge in [0.25, 0.3) is 5.56 Å². The average Bonchev–Trinajstić information content (AvgIpc) is 3.08. The molecular formula is C17H22N4O3. The minimum absolute atomic E-state index is 0.0373. The summed E-state index contributed by atoms with van der Waals surface area (Å²) < 4.78 is 6.37. The van der Waals surface area contributed by atoms with E-state index < -0.39 is 5.56 Å². The molecule has 128 valence electrons. The molecule has 0 unspecified atom stereocenters. The molecule has 1 amide bonds. The first-order valence-corrected chi connectivity index (χ1v) is 8.25. The van der Waals surface area contributed by atoms with Gasteiger partial charge in [-0.3, -0.25) is 9.59 Å². The summed E-state index contributed by atoms with van der Waals surface area (Å²) in [5, 5.41) is 7.21. The molecule has 1 aliphatic carbocycles. The Bertz CT molecular complexity index is 767. The number of anilines is 1. The molecule has 3 N–H and O–H groups in total. The third kappa shape index (κ3) is 3.50. The highest BCUT2D eigenvalue weighted by Crippen LogP contribution is 2.23. The first kappa shape index (κ1) is 16.3. The molecule has 1 saturated carbocycles. The van der Waals surface area contributed by atoms with Gasteiger partial charge in [-0.05, 0) is 37.0 Å². The van der Waals surface area contributed by atoms with Gasteiger partial charge in [-0.1, -0.05) is 19.8 Å². The Balaban J connectivity index is 1.76. The van der Waals surface area contributed by atoms with Gasteiger partial charge in [0.1, 0.15) is 17.9 Å². The van der Waals surface area contributed by atoms with Crippen molar-refractivity contribution in [1.29, 1.82) is 0 Å². The van der Waals surface area contributed by atoms with Crippen LogP contribution in [-0.4, -0.2) is 21.7 Å². The van der Waals surface area contributed by atoms with E-state index in [1.807, 2.05) is 0 Å². The van der Waals surface area contributed by atoms with E-state index in [0.29, 0.717) is 17.4 Å². The molecule has 2 atom stereocenters. The summed E-state index contributed by atoms with van der Waals surface area (Å²) in [5.41, 5.74) is 5.75. The monoisotopic (exact) mass is 330 g/mol. The lowest BCUT2D eigenvalue weighted by Gasteiger charge is -2.29. The van der Waals surface area contributed by atoms with Crippen LogP contribution in [0.2, 0.25) is 0 Å². The van der Waals surface area contributed by atoms with Crippen molar-refractivity contribution in [2.45, 2.75) is 45.2 Å². The fourth-order valence-electron chi connectivity index (χ4n) is 3.13. The van der Waals surface area contributed by atoms with Crippen molar-refractivity contribution < 1.29 is 9.21 Å². The van der Waals surface area contributed by atoms with Crippen molar-refractivity contribution in [3.8, 4) is 11.5 Å². The molecular weight excluding hydrogens is 308 g/mol. The van der Waals surface area contributed by atoms with Gasteiger partial charge in [0.15, 0.2) is 5.76 Å². The van der Waals surface area contributed by atoms with Crippen LogP contribution >= 0.6 is 0 Å². The number of nitrogen functional groups attached to an aromatic ring is 1. The van der Waals surface area contributed by atoms with Crippen LogP contribution in [0, 0.1) is 5.92 Å². The second-order valence-corrected chi connectivity index (χ2v) is 6.36. The highest BCUT2D eigenvalue weighted by molar-refractivity contribution is 5.76. The predicted octanol–water partition coefficient (Wildman–Crippen LogP) is 1.78. The average molecular weight is 330 g/mol. The number of nitrogens with zero attached hydrogens (tertiary/aromatic N) is 2. The lowest BCUT2D eigenvalue weighted by Crippen LogP contribution is -2.44. The molecule has 7 heteroatoms. The predicted molar refractivity (Wildman–Crippen MR) is 90.2 cm³/mol. The number of hydrogen-bond donors (Lipinski definition) is 2. The van der Waals surface area contributed by atoms with Crippen LogP contribution in [0.5, 0.6) is 0 Å². The smallest absolute Gasteiger partial charge is 0.290 e. The van der Waals surface area contributed by atoms with E-state index in [1.165, 1.54) is 18.8 Å². The summed E-state index contributed by atoms with van der Waals surface area (Å²) in [7, 11) is 0. The topological polar surface area (TPSA) is 103 Å². The van der Waals surface area contributed by atoms with Crippen LogP contribution in [0.1, 0.15) is 32.6 Å². The molecule has 1 aliphatic rings. The van der Waals surface area contributed by atoms with Crippen molar-refractivity contribution in [3.05, 3.63) is 34.8 Å². The molecule has 0 bridgehead atoms. The maximum atomic E-state index is 12.3. The van der Waals surface area contributed by atoms with Crippen LogP contribution < -0.4 is 16.6 Å². The van der Waals surface area contributed by atoms with Gasteiger partial charge in [-0.2, -0.15) is 5.10 Å². The maximum absolute atomic E-state index is 12.3. The van der Waals surface area contributed by atoms with Gasteiger partial charge < -0.3 is 15.5 Å². The Morgan fingerprint density at radius 3 is 2.96 bits per heavy atom. The minimum Gasteiger partial charge on any atom is -0.463 e. The zero-order chi connectivity index (χ0) is 17.1. The molecule has 7 nitrogen and oxygen atoms in total. The third-order valence-corrected chi connectivity index (χ3v) is 4.53. The van der Waals surface area contributed by atoms with Gasteiger partial charge in [0.2, 0.25) is 5.91 Å². The molecule has 0 radical (unpaired) electrons. The summed E-state index contributed by atoms with van der Waals surface area (Å²) in [6, 6.07) is 5.06. The third-order valence-electron chi connectivity index (χ3n) is 4.53. The highest BCUT2D eigenvalue weighted by Gasteiger charge is 2.23. The Labute approximate surface area is 139 Å². The first-order chi connectivity index (χ1) is 11.5. The molecule has 2 heterocycles. The molecule has 0 saturated heterocycles. The summed E-state index contributed by atoms with van der Waals surface area (Å²) in [6.07, 6.45) is 5.93. The SMILES string of the molecule is C[C@@H]1CCCC[C@H]1NC(=O)Cn1nc(-c2ccco2)cc(N)c1=O. The lowest BCUT2D eigenvalue weighted by atomic mass is 9.86. The molecule has 0 spiro atoms. The van der Waals surface area contributed by atoms with Crippen molar-refractivity contribution in [2.24, 2.45) is 5.92 Å². The standard InChI is InChI=1S/C17H22N4O3/c1-11-5-2-3-6-13(11)19-16(22)10-21-17(23)12(18)9-14(20-21)15-7-4-8-24-15/h4,7-9,11,13H,2-3,5-6,10,18H2,1H3,(H,19,22)/t11-,13-/m1/s1. The first-order valence-electron chi connectivity index (χ1n) is 8.25. The molecule has 2 aromatic rings. The fourth-order valence-corrected chi connectivity index (χ4v) is 3.13. The van der Waals surface area contributed by atoms with Crippen LogP contribution in [0.15, 0.2) is 33.7 Å². The Morgan fingerprint density at radius 2 is 2.25 bits per heavy atom. The molecule has 3 rings (SSSR count). The highest BCUT2D eigenvalue weighted by atomic mass is 16.3. The molecule has 1 fully saturated rings. The van der Waals surface area contributed by atoms with E-state index in [2.05, 4.69) is 17.3 Å². The zero-order valence-electron chi connectivity index (χ0n) is 13.7. The van der Waals surface area contributed by atoms with Crippen LogP contribution in [0.25, 0.3) is 11.5 Å². The van der Waals surface area contributed by atoms with Gasteiger partial charge in [-0.15, -0.1) is 0 Å². The Morgan fingerprint density at radius 1 is 1.46 bits per heavy atom. The van der Waals surface area contributed by atoms with Crippen molar-refractivity contribution in [1.82, 2.24) is 15.1 Å². The molecule has 0 aliphatic heterocycles. The number of carbonyl (C=O) groups excluding carboxylic acids is 1. The number of carbonyl (C=O) groups is 1. The van der Waals surface area contributed by atoms with Gasteiger partial charge in [0, 0.05) is 6.04 Å². The maximum Gasteiger partial charge on any atom is 0.290 e. The summed E-state index contributed by atoms with van der Waals surface area (Å²) in [4.78, 5) is 24.5. The van der Waals surface area contributed by atoms with Crippen LogP contribution in [0.4, 0.5) is 5.69 Å². The molecule has 0 aromatic carbocycles. The molecule has 24 heavy (non-hydrogen) atoms. The summed E-state index contributed by atoms with van der Waals surface area (Å²) in [6.45, 7) is 1.99. The zero-order valence-corrected chi connectivity index (χ0v) is 13.7. The fraction of sp³-hybridized carbons (Fsp3) is 0.471. The number of aromatic nitrogens is 2. The van der Waals surface area contributed by atoms with Crippen LogP contribution in [-0.2, 0) is 11.3 Å². The van der Waals surface area contributed by atoms with E-state index >= 15 is 0 Å². The number of hydrogen-bond acceptors (Lipinski definition) is 5. The molecule has 2 aromatic heterocycles. The van der Waals surface area contributed by atoms with E-state index in [-0.39, 0.29) is 24.2 Å². The summed E-state index contributed by atoms with van der Waals surface area (Å²) >= 11 is 0.